The summed E-state index contributed by atoms with van der Waals surface area (Å²) in [5.41, 5.74) is -1.58. The van der Waals surface area contributed by atoms with Gasteiger partial charge in [-0.25, -0.2) is 0 Å². The second-order valence-electron chi connectivity index (χ2n) is 2.77. The van der Waals surface area contributed by atoms with Gasteiger partial charge in [0.15, 0.2) is 0 Å². The molecule has 0 aliphatic heterocycles. The summed E-state index contributed by atoms with van der Waals surface area (Å²) in [6.07, 6.45) is -4.59. The van der Waals surface area contributed by atoms with Crippen LogP contribution in [0.4, 0.5) is 24.5 Å². The maximum atomic E-state index is 12.3. The van der Waals surface area contributed by atoms with E-state index in [4.69, 9.17) is 0 Å². The van der Waals surface area contributed by atoms with Gasteiger partial charge >= 0.3 is 6.18 Å². The smallest absolute Gasteiger partial charge is 0.388 e. The zero-order valence-electron chi connectivity index (χ0n) is 7.63. The van der Waals surface area contributed by atoms with Gasteiger partial charge in [-0.3, -0.25) is 10.1 Å². The van der Waals surface area contributed by atoms with E-state index < -0.39 is 22.4 Å². The number of nitro groups is 1. The molecule has 0 spiro atoms. The number of halogens is 3. The van der Waals surface area contributed by atoms with E-state index in [1.54, 1.807) is 0 Å². The fourth-order valence-corrected chi connectivity index (χ4v) is 1.02. The first-order chi connectivity index (χ1) is 6.84. The van der Waals surface area contributed by atoms with Crippen molar-refractivity contribution in [3.8, 4) is 0 Å². The van der Waals surface area contributed by atoms with Crippen LogP contribution in [0.5, 0.6) is 0 Å². The van der Waals surface area contributed by atoms with Crippen LogP contribution in [0.3, 0.4) is 0 Å². The second kappa shape index (κ2) is 3.76. The van der Waals surface area contributed by atoms with E-state index >= 15 is 0 Å². The van der Waals surface area contributed by atoms with Gasteiger partial charge in [-0.1, -0.05) is 0 Å². The Bertz CT molecular complexity index is 390. The van der Waals surface area contributed by atoms with Crippen LogP contribution in [0.15, 0.2) is 18.2 Å². The average Bonchev–Trinajstić information content (AvgIpc) is 2.15. The molecular weight excluding hydrogens is 213 g/mol. The summed E-state index contributed by atoms with van der Waals surface area (Å²) in [6, 6.07) is 2.35. The number of rotatable bonds is 2. The van der Waals surface area contributed by atoms with Gasteiger partial charge in [-0.2, -0.15) is 13.2 Å². The van der Waals surface area contributed by atoms with Crippen LogP contribution in [-0.2, 0) is 6.18 Å². The van der Waals surface area contributed by atoms with Crippen molar-refractivity contribution in [3.63, 3.8) is 0 Å². The van der Waals surface area contributed by atoms with Crippen molar-refractivity contribution in [2.24, 2.45) is 0 Å². The highest BCUT2D eigenvalue weighted by molar-refractivity contribution is 5.54. The maximum absolute atomic E-state index is 12.3. The first-order valence-electron chi connectivity index (χ1n) is 3.89. The Kier molecular flexibility index (Phi) is 2.83. The summed E-state index contributed by atoms with van der Waals surface area (Å²) in [6.45, 7) is 0. The number of non-ortho nitro benzene ring substituents is 1. The Morgan fingerprint density at radius 2 is 1.93 bits per heavy atom. The van der Waals surface area contributed by atoms with E-state index in [0.717, 1.165) is 12.1 Å². The van der Waals surface area contributed by atoms with Gasteiger partial charge in [0.25, 0.3) is 5.69 Å². The summed E-state index contributed by atoms with van der Waals surface area (Å²) in [5.74, 6) is 0. The van der Waals surface area contributed by atoms with Gasteiger partial charge in [0.05, 0.1) is 10.5 Å². The molecule has 0 aliphatic rings. The molecular formula is C8H7F3N2O2. The molecule has 0 bridgehead atoms. The quantitative estimate of drug-likeness (QED) is 0.615. The Balaban J connectivity index is 3.30. The molecule has 4 nitrogen and oxygen atoms in total. The predicted octanol–water partition coefficient (Wildman–Crippen LogP) is 2.66. The fourth-order valence-electron chi connectivity index (χ4n) is 1.02. The summed E-state index contributed by atoms with van der Waals surface area (Å²) >= 11 is 0. The molecule has 82 valence electrons. The van der Waals surface area contributed by atoms with Crippen molar-refractivity contribution in [2.75, 3.05) is 12.4 Å². The molecule has 1 aromatic rings. The van der Waals surface area contributed by atoms with E-state index in [9.17, 15) is 23.3 Å². The molecule has 0 aromatic heterocycles. The topological polar surface area (TPSA) is 55.2 Å². The van der Waals surface area contributed by atoms with Crippen molar-refractivity contribution >= 4 is 11.4 Å². The van der Waals surface area contributed by atoms with Gasteiger partial charge in [0.2, 0.25) is 0 Å². The lowest BCUT2D eigenvalue weighted by molar-refractivity contribution is -0.385. The Labute approximate surface area is 82.9 Å². The molecule has 0 radical (unpaired) electrons. The third kappa shape index (κ3) is 2.58. The summed E-state index contributed by atoms with van der Waals surface area (Å²) in [5, 5.41) is 12.8. The number of alkyl halides is 3. The van der Waals surface area contributed by atoms with E-state index in [1.807, 2.05) is 0 Å². The molecule has 7 heteroatoms. The van der Waals surface area contributed by atoms with Crippen LogP contribution in [0.2, 0.25) is 0 Å². The van der Waals surface area contributed by atoms with Crippen molar-refractivity contribution < 1.29 is 18.1 Å². The molecule has 0 amide bonds. The van der Waals surface area contributed by atoms with Gasteiger partial charge in [0.1, 0.15) is 0 Å². The summed E-state index contributed by atoms with van der Waals surface area (Å²) in [7, 11) is 1.39. The van der Waals surface area contributed by atoms with Gasteiger partial charge < -0.3 is 5.32 Å². The number of nitrogens with zero attached hydrogens (tertiary/aromatic N) is 1. The molecule has 0 heterocycles. The average molecular weight is 220 g/mol. The number of nitro benzene ring substituents is 1. The molecule has 15 heavy (non-hydrogen) atoms. The Morgan fingerprint density at radius 1 is 1.33 bits per heavy atom. The molecule has 0 aliphatic carbocycles. The standard InChI is InChI=1S/C8H7F3N2O2/c1-12-6-2-5(8(9,10)11)3-7(4-6)13(14)15/h2-4,12H,1H3. The Morgan fingerprint density at radius 3 is 2.33 bits per heavy atom. The van der Waals surface area contributed by atoms with Crippen LogP contribution in [0, 0.1) is 10.1 Å². The number of benzene rings is 1. The minimum Gasteiger partial charge on any atom is -0.388 e. The lowest BCUT2D eigenvalue weighted by Gasteiger charge is -2.08. The van der Waals surface area contributed by atoms with E-state index in [0.29, 0.717) is 6.07 Å². The third-order valence-corrected chi connectivity index (χ3v) is 1.74. The van der Waals surface area contributed by atoms with Crippen LogP contribution >= 0.6 is 0 Å². The normalized spacial score (nSPS) is 11.2. The molecule has 1 rings (SSSR count). The fraction of sp³-hybridized carbons (Fsp3) is 0.250. The maximum Gasteiger partial charge on any atom is 0.416 e. The zero-order valence-corrected chi connectivity index (χ0v) is 7.63. The number of nitrogens with one attached hydrogen (secondary N) is 1. The summed E-state index contributed by atoms with van der Waals surface area (Å²) < 4.78 is 36.9. The van der Waals surface area contributed by atoms with E-state index in [-0.39, 0.29) is 5.69 Å². The molecule has 1 N–H and O–H groups in total. The van der Waals surface area contributed by atoms with E-state index in [1.165, 1.54) is 7.05 Å². The van der Waals surface area contributed by atoms with Gasteiger partial charge in [0, 0.05) is 24.9 Å². The lowest BCUT2D eigenvalue weighted by Crippen LogP contribution is -2.06. The number of anilines is 1. The van der Waals surface area contributed by atoms with Crippen LogP contribution in [-0.4, -0.2) is 12.0 Å². The SMILES string of the molecule is CNc1cc([N+](=O)[O-])cc(C(F)(F)F)c1. The van der Waals surface area contributed by atoms with Crippen LogP contribution in [0.1, 0.15) is 5.56 Å². The predicted molar refractivity (Wildman–Crippen MR) is 47.6 cm³/mol. The van der Waals surface area contributed by atoms with Gasteiger partial charge in [-0.15, -0.1) is 0 Å². The first kappa shape index (κ1) is 11.3. The molecule has 0 saturated heterocycles. The third-order valence-electron chi connectivity index (χ3n) is 1.74. The largest absolute Gasteiger partial charge is 0.416 e. The van der Waals surface area contributed by atoms with E-state index in [2.05, 4.69) is 5.32 Å². The zero-order chi connectivity index (χ0) is 11.6. The molecule has 0 saturated carbocycles. The molecule has 0 fully saturated rings. The van der Waals surface area contributed by atoms with Crippen molar-refractivity contribution in [2.45, 2.75) is 6.18 Å². The highest BCUT2D eigenvalue weighted by Gasteiger charge is 2.32. The minimum atomic E-state index is -4.59. The second-order valence-corrected chi connectivity index (χ2v) is 2.77. The number of hydrogen-bond acceptors (Lipinski definition) is 3. The molecule has 1 aromatic carbocycles. The van der Waals surface area contributed by atoms with Crippen LogP contribution in [0.25, 0.3) is 0 Å². The first-order valence-corrected chi connectivity index (χ1v) is 3.89. The minimum absolute atomic E-state index is 0.0523. The van der Waals surface area contributed by atoms with Crippen LogP contribution < -0.4 is 5.32 Å². The number of hydrogen-bond donors (Lipinski definition) is 1. The summed E-state index contributed by atoms with van der Waals surface area (Å²) in [4.78, 5) is 9.49. The highest BCUT2D eigenvalue weighted by atomic mass is 19.4. The monoisotopic (exact) mass is 220 g/mol. The molecule has 0 atom stereocenters. The van der Waals surface area contributed by atoms with Gasteiger partial charge in [-0.05, 0) is 6.07 Å². The lowest BCUT2D eigenvalue weighted by atomic mass is 10.1. The van der Waals surface area contributed by atoms with Crippen molar-refractivity contribution in [1.82, 2.24) is 0 Å². The molecule has 0 unspecified atom stereocenters. The van der Waals surface area contributed by atoms with Crippen molar-refractivity contribution in [3.05, 3.63) is 33.9 Å². The van der Waals surface area contributed by atoms with Crippen molar-refractivity contribution in [1.29, 1.82) is 0 Å². The Hall–Kier alpha value is -1.79. The highest BCUT2D eigenvalue weighted by Crippen LogP contribution is 2.33.